The molecular weight excluding hydrogens is 248 g/mol. The van der Waals surface area contributed by atoms with E-state index in [0.29, 0.717) is 0 Å². The summed E-state index contributed by atoms with van der Waals surface area (Å²) in [7, 11) is 0. The predicted octanol–water partition coefficient (Wildman–Crippen LogP) is 3.21. The number of hydrogen-bond acceptors (Lipinski definition) is 4. The standard InChI is InChI=1S/C16H14N4/c1-4-13(11-17-7-1)10-16-15(6-3-9-19-16)20-14-5-2-8-18-12-14/h1-9,11-12,20H,10H2. The summed E-state index contributed by atoms with van der Waals surface area (Å²) in [4.78, 5) is 12.7. The van der Waals surface area contributed by atoms with Crippen LogP contribution in [0, 0.1) is 0 Å². The molecule has 0 aromatic carbocycles. The average molecular weight is 262 g/mol. The van der Waals surface area contributed by atoms with E-state index >= 15 is 0 Å². The molecule has 20 heavy (non-hydrogen) atoms. The minimum Gasteiger partial charge on any atom is -0.353 e. The summed E-state index contributed by atoms with van der Waals surface area (Å²) >= 11 is 0. The van der Waals surface area contributed by atoms with Crippen molar-refractivity contribution in [2.45, 2.75) is 6.42 Å². The maximum Gasteiger partial charge on any atom is 0.0682 e. The van der Waals surface area contributed by atoms with Gasteiger partial charge in [0, 0.05) is 31.2 Å². The van der Waals surface area contributed by atoms with Crippen molar-refractivity contribution in [2.24, 2.45) is 0 Å². The van der Waals surface area contributed by atoms with Gasteiger partial charge in [-0.15, -0.1) is 0 Å². The first-order valence-corrected chi connectivity index (χ1v) is 6.42. The minimum absolute atomic E-state index is 0.747. The largest absolute Gasteiger partial charge is 0.353 e. The van der Waals surface area contributed by atoms with Gasteiger partial charge in [0.05, 0.1) is 23.3 Å². The molecule has 0 saturated heterocycles. The molecule has 0 atom stereocenters. The average Bonchev–Trinajstić information content (AvgIpc) is 2.51. The van der Waals surface area contributed by atoms with Crippen molar-refractivity contribution >= 4 is 11.4 Å². The summed E-state index contributed by atoms with van der Waals surface area (Å²) in [6.45, 7) is 0. The SMILES string of the molecule is c1cncc(Cc2ncccc2Nc2cccnc2)c1. The molecule has 3 heterocycles. The van der Waals surface area contributed by atoms with Gasteiger partial charge in [-0.1, -0.05) is 6.07 Å². The van der Waals surface area contributed by atoms with Gasteiger partial charge in [-0.2, -0.15) is 0 Å². The van der Waals surface area contributed by atoms with E-state index in [1.165, 1.54) is 0 Å². The van der Waals surface area contributed by atoms with Gasteiger partial charge in [0.1, 0.15) is 0 Å². The molecule has 3 rings (SSSR count). The Bertz CT molecular complexity index is 608. The quantitative estimate of drug-likeness (QED) is 0.784. The van der Waals surface area contributed by atoms with Crippen LogP contribution in [0.3, 0.4) is 0 Å². The Morgan fingerprint density at radius 1 is 0.850 bits per heavy atom. The van der Waals surface area contributed by atoms with Crippen LogP contribution in [0.25, 0.3) is 0 Å². The van der Waals surface area contributed by atoms with Crippen molar-refractivity contribution in [3.8, 4) is 0 Å². The number of nitrogens with one attached hydrogen (secondary N) is 1. The first-order chi connectivity index (χ1) is 9.92. The van der Waals surface area contributed by atoms with Crippen molar-refractivity contribution in [3.63, 3.8) is 0 Å². The lowest BCUT2D eigenvalue weighted by Crippen LogP contribution is -2.00. The molecule has 0 aliphatic rings. The van der Waals surface area contributed by atoms with E-state index in [4.69, 9.17) is 0 Å². The van der Waals surface area contributed by atoms with E-state index in [1.54, 1.807) is 24.8 Å². The summed E-state index contributed by atoms with van der Waals surface area (Å²) in [6, 6.07) is 11.8. The first kappa shape index (κ1) is 12.3. The number of hydrogen-bond donors (Lipinski definition) is 1. The second-order valence-electron chi connectivity index (χ2n) is 4.40. The highest BCUT2D eigenvalue weighted by Crippen LogP contribution is 2.20. The lowest BCUT2D eigenvalue weighted by atomic mass is 10.1. The van der Waals surface area contributed by atoms with Crippen LogP contribution in [0.15, 0.2) is 67.4 Å². The third-order valence-electron chi connectivity index (χ3n) is 2.93. The van der Waals surface area contributed by atoms with Crippen LogP contribution in [0.1, 0.15) is 11.3 Å². The van der Waals surface area contributed by atoms with Crippen LogP contribution in [-0.4, -0.2) is 15.0 Å². The predicted molar refractivity (Wildman–Crippen MR) is 78.8 cm³/mol. The van der Waals surface area contributed by atoms with Crippen LogP contribution < -0.4 is 5.32 Å². The Morgan fingerprint density at radius 3 is 2.40 bits per heavy atom. The molecule has 0 amide bonds. The van der Waals surface area contributed by atoms with E-state index in [9.17, 15) is 0 Å². The molecule has 0 saturated carbocycles. The maximum atomic E-state index is 4.46. The van der Waals surface area contributed by atoms with Crippen molar-refractivity contribution in [2.75, 3.05) is 5.32 Å². The van der Waals surface area contributed by atoms with E-state index in [0.717, 1.165) is 29.1 Å². The van der Waals surface area contributed by atoms with Gasteiger partial charge in [-0.05, 0) is 35.9 Å². The number of anilines is 2. The lowest BCUT2D eigenvalue weighted by molar-refractivity contribution is 1.06. The molecule has 0 bridgehead atoms. The molecular formula is C16H14N4. The Hall–Kier alpha value is -2.75. The van der Waals surface area contributed by atoms with Crippen LogP contribution in [0.4, 0.5) is 11.4 Å². The topological polar surface area (TPSA) is 50.7 Å². The Kier molecular flexibility index (Phi) is 3.64. The number of rotatable bonds is 4. The van der Waals surface area contributed by atoms with Crippen LogP contribution in [0.2, 0.25) is 0 Å². The molecule has 0 aliphatic heterocycles. The molecule has 3 aromatic rings. The normalized spacial score (nSPS) is 10.2. The van der Waals surface area contributed by atoms with Crippen LogP contribution in [-0.2, 0) is 6.42 Å². The lowest BCUT2D eigenvalue weighted by Gasteiger charge is -2.10. The summed E-state index contributed by atoms with van der Waals surface area (Å²) in [6.07, 6.45) is 9.74. The molecule has 4 heteroatoms. The third kappa shape index (κ3) is 2.98. The van der Waals surface area contributed by atoms with E-state index in [1.807, 2.05) is 36.5 Å². The van der Waals surface area contributed by atoms with Gasteiger partial charge in [0.25, 0.3) is 0 Å². The fourth-order valence-electron chi connectivity index (χ4n) is 1.98. The van der Waals surface area contributed by atoms with Crippen molar-refractivity contribution < 1.29 is 0 Å². The number of pyridine rings is 3. The maximum absolute atomic E-state index is 4.46. The van der Waals surface area contributed by atoms with Gasteiger partial charge in [0.2, 0.25) is 0 Å². The number of aromatic nitrogens is 3. The molecule has 4 nitrogen and oxygen atoms in total. The van der Waals surface area contributed by atoms with Crippen LogP contribution >= 0.6 is 0 Å². The highest BCUT2D eigenvalue weighted by atomic mass is 14.9. The molecule has 0 spiro atoms. The highest BCUT2D eigenvalue weighted by molar-refractivity contribution is 5.61. The summed E-state index contributed by atoms with van der Waals surface area (Å²) < 4.78 is 0. The molecule has 1 N–H and O–H groups in total. The van der Waals surface area contributed by atoms with Gasteiger partial charge < -0.3 is 5.32 Å². The summed E-state index contributed by atoms with van der Waals surface area (Å²) in [5.74, 6) is 0. The monoisotopic (exact) mass is 262 g/mol. The van der Waals surface area contributed by atoms with Gasteiger partial charge in [-0.25, -0.2) is 0 Å². The Morgan fingerprint density at radius 2 is 1.65 bits per heavy atom. The van der Waals surface area contributed by atoms with E-state index in [-0.39, 0.29) is 0 Å². The van der Waals surface area contributed by atoms with E-state index in [2.05, 4.69) is 26.3 Å². The Balaban J connectivity index is 1.85. The zero-order valence-electron chi connectivity index (χ0n) is 10.9. The van der Waals surface area contributed by atoms with Crippen molar-refractivity contribution in [1.29, 1.82) is 0 Å². The second kappa shape index (κ2) is 5.93. The number of nitrogens with zero attached hydrogens (tertiary/aromatic N) is 3. The summed E-state index contributed by atoms with van der Waals surface area (Å²) in [5, 5.41) is 3.35. The fourth-order valence-corrected chi connectivity index (χ4v) is 1.98. The smallest absolute Gasteiger partial charge is 0.0682 e. The molecule has 0 radical (unpaired) electrons. The molecule has 0 aliphatic carbocycles. The van der Waals surface area contributed by atoms with E-state index < -0.39 is 0 Å². The molecule has 98 valence electrons. The molecule has 0 fully saturated rings. The van der Waals surface area contributed by atoms with Gasteiger partial charge >= 0.3 is 0 Å². The third-order valence-corrected chi connectivity index (χ3v) is 2.93. The second-order valence-corrected chi connectivity index (χ2v) is 4.40. The highest BCUT2D eigenvalue weighted by Gasteiger charge is 2.05. The fraction of sp³-hybridized carbons (Fsp3) is 0.0625. The zero-order valence-corrected chi connectivity index (χ0v) is 10.9. The zero-order chi connectivity index (χ0) is 13.6. The van der Waals surface area contributed by atoms with Gasteiger partial charge in [0.15, 0.2) is 0 Å². The Labute approximate surface area is 117 Å². The molecule has 0 unspecified atom stereocenters. The molecule has 3 aromatic heterocycles. The van der Waals surface area contributed by atoms with Gasteiger partial charge in [-0.3, -0.25) is 15.0 Å². The van der Waals surface area contributed by atoms with Crippen molar-refractivity contribution in [3.05, 3.63) is 78.6 Å². The summed E-state index contributed by atoms with van der Waals surface area (Å²) in [5.41, 5.74) is 4.07. The first-order valence-electron chi connectivity index (χ1n) is 6.42. The van der Waals surface area contributed by atoms with Crippen LogP contribution in [0.5, 0.6) is 0 Å². The minimum atomic E-state index is 0.747. The van der Waals surface area contributed by atoms with Crippen molar-refractivity contribution in [1.82, 2.24) is 15.0 Å².